The summed E-state index contributed by atoms with van der Waals surface area (Å²) in [6, 6.07) is 3.86. The molecule has 1 unspecified atom stereocenters. The lowest BCUT2D eigenvalue weighted by atomic mass is 9.89. The molecule has 2 aromatic rings. The average molecular weight is 363 g/mol. The zero-order chi connectivity index (χ0) is 17.4. The molecule has 0 bridgehead atoms. The first kappa shape index (κ1) is 16.6. The molecule has 4 rings (SSSR count). The van der Waals surface area contributed by atoms with Crippen molar-refractivity contribution in [3.05, 3.63) is 35.1 Å². The lowest BCUT2D eigenvalue weighted by molar-refractivity contribution is -0.141. The van der Waals surface area contributed by atoms with Crippen LogP contribution in [0.5, 0.6) is 0 Å². The number of carbonyl (C=O) groups is 1. The summed E-state index contributed by atoms with van der Waals surface area (Å²) in [6.45, 7) is 0.322. The Hall–Kier alpha value is -1.89. The van der Waals surface area contributed by atoms with Crippen molar-refractivity contribution in [1.29, 1.82) is 0 Å². The van der Waals surface area contributed by atoms with Crippen molar-refractivity contribution in [1.82, 2.24) is 14.9 Å². The van der Waals surface area contributed by atoms with E-state index in [2.05, 4.69) is 4.98 Å². The summed E-state index contributed by atoms with van der Waals surface area (Å²) >= 11 is 1.67. The molecule has 7 heteroatoms. The number of halogens is 2. The Morgan fingerprint density at radius 3 is 2.68 bits per heavy atom. The molecule has 1 saturated heterocycles. The van der Waals surface area contributed by atoms with Gasteiger partial charge in [-0.1, -0.05) is 0 Å². The van der Waals surface area contributed by atoms with Gasteiger partial charge in [-0.15, -0.1) is 11.3 Å². The second-order valence-corrected chi connectivity index (χ2v) is 7.83. The van der Waals surface area contributed by atoms with Gasteiger partial charge in [0.25, 0.3) is 5.92 Å². The maximum Gasteiger partial charge on any atom is 0.251 e. The second kappa shape index (κ2) is 6.44. The highest BCUT2D eigenvalue weighted by Crippen LogP contribution is 2.36. The van der Waals surface area contributed by atoms with E-state index in [1.807, 2.05) is 12.1 Å². The van der Waals surface area contributed by atoms with E-state index in [4.69, 9.17) is 4.98 Å². The first-order chi connectivity index (χ1) is 12.0. The van der Waals surface area contributed by atoms with Crippen LogP contribution in [0.25, 0.3) is 10.6 Å². The van der Waals surface area contributed by atoms with Crippen molar-refractivity contribution in [3.63, 3.8) is 0 Å². The first-order valence-corrected chi connectivity index (χ1v) is 9.39. The number of carbonyl (C=O) groups excluding carboxylic acids is 1. The number of fused-ring (bicyclic) bond motifs is 1. The van der Waals surface area contributed by atoms with Gasteiger partial charge in [0.15, 0.2) is 0 Å². The Labute approximate surface area is 148 Å². The summed E-state index contributed by atoms with van der Waals surface area (Å²) in [6.07, 6.45) is 5.26. The standard InChI is InChI=1S/C18H19F2N3OS/c19-18(20)5-9-23(10-6-18)17(24)13-1-2-15-14(11-13)22-16(25-15)12-3-7-21-8-4-12/h3-4,7-8,13H,1-2,5-6,9-11H2. The molecule has 0 N–H and O–H groups in total. The summed E-state index contributed by atoms with van der Waals surface area (Å²) in [5.74, 6) is -2.74. The van der Waals surface area contributed by atoms with Crippen LogP contribution in [0.1, 0.15) is 29.8 Å². The van der Waals surface area contributed by atoms with E-state index in [1.165, 1.54) is 4.88 Å². The molecule has 0 spiro atoms. The van der Waals surface area contributed by atoms with Gasteiger partial charge in [-0.25, -0.2) is 13.8 Å². The summed E-state index contributed by atoms with van der Waals surface area (Å²) < 4.78 is 26.6. The number of amides is 1. The fourth-order valence-corrected chi connectivity index (χ4v) is 4.63. The van der Waals surface area contributed by atoms with Gasteiger partial charge >= 0.3 is 0 Å². The molecule has 1 amide bonds. The van der Waals surface area contributed by atoms with Gasteiger partial charge in [-0.2, -0.15) is 0 Å². The van der Waals surface area contributed by atoms with Gasteiger partial charge < -0.3 is 4.90 Å². The lowest BCUT2D eigenvalue weighted by Crippen LogP contribution is -2.46. The number of aryl methyl sites for hydroxylation is 1. The zero-order valence-corrected chi connectivity index (χ0v) is 14.6. The Balaban J connectivity index is 1.46. The van der Waals surface area contributed by atoms with Crippen LogP contribution in [0.2, 0.25) is 0 Å². The van der Waals surface area contributed by atoms with E-state index >= 15 is 0 Å². The third-order valence-electron chi connectivity index (χ3n) is 5.02. The molecule has 0 aromatic carbocycles. The van der Waals surface area contributed by atoms with E-state index in [-0.39, 0.29) is 37.8 Å². The van der Waals surface area contributed by atoms with Gasteiger partial charge in [-0.3, -0.25) is 9.78 Å². The van der Waals surface area contributed by atoms with Crippen LogP contribution in [0.3, 0.4) is 0 Å². The molecule has 1 atom stereocenters. The number of nitrogens with zero attached hydrogens (tertiary/aromatic N) is 3. The fourth-order valence-electron chi connectivity index (χ4n) is 3.52. The number of alkyl halides is 2. The van der Waals surface area contributed by atoms with Gasteiger partial charge in [-0.05, 0) is 25.0 Å². The minimum atomic E-state index is -2.62. The second-order valence-electron chi connectivity index (χ2n) is 6.75. The molecular weight excluding hydrogens is 344 g/mol. The number of pyridine rings is 1. The third kappa shape index (κ3) is 3.42. The summed E-state index contributed by atoms with van der Waals surface area (Å²) in [5, 5.41) is 0.957. The molecule has 132 valence electrons. The van der Waals surface area contributed by atoms with Crippen LogP contribution in [-0.4, -0.2) is 39.8 Å². The molecule has 3 heterocycles. The number of rotatable bonds is 2. The van der Waals surface area contributed by atoms with Crippen molar-refractivity contribution in [2.75, 3.05) is 13.1 Å². The van der Waals surface area contributed by atoms with Crippen molar-refractivity contribution in [2.45, 2.75) is 38.0 Å². The van der Waals surface area contributed by atoms with Crippen LogP contribution < -0.4 is 0 Å². The van der Waals surface area contributed by atoms with Crippen LogP contribution in [0.15, 0.2) is 24.5 Å². The number of hydrogen-bond donors (Lipinski definition) is 0. The lowest BCUT2D eigenvalue weighted by Gasteiger charge is -2.34. The summed E-state index contributed by atoms with van der Waals surface area (Å²) in [4.78, 5) is 24.3. The SMILES string of the molecule is O=C(C1CCc2sc(-c3ccncc3)nc2C1)N1CCC(F)(F)CC1. The minimum absolute atomic E-state index is 0.0135. The van der Waals surface area contributed by atoms with Gasteiger partial charge in [0.05, 0.1) is 5.69 Å². The third-order valence-corrected chi connectivity index (χ3v) is 6.23. The number of aromatic nitrogens is 2. The fraction of sp³-hybridized carbons (Fsp3) is 0.500. The highest BCUT2D eigenvalue weighted by molar-refractivity contribution is 7.15. The van der Waals surface area contributed by atoms with Gasteiger partial charge in [0, 0.05) is 61.1 Å². The van der Waals surface area contributed by atoms with E-state index in [1.54, 1.807) is 28.6 Å². The molecule has 2 aliphatic rings. The highest BCUT2D eigenvalue weighted by atomic mass is 32.1. The molecular formula is C18H19F2N3OS. The normalized spacial score (nSPS) is 22.5. The molecule has 4 nitrogen and oxygen atoms in total. The number of likely N-dealkylation sites (tertiary alicyclic amines) is 1. The van der Waals surface area contributed by atoms with Crippen LogP contribution in [0, 0.1) is 5.92 Å². The topological polar surface area (TPSA) is 46.1 Å². The summed E-state index contributed by atoms with van der Waals surface area (Å²) in [5.41, 5.74) is 2.03. The predicted molar refractivity (Wildman–Crippen MR) is 91.6 cm³/mol. The summed E-state index contributed by atoms with van der Waals surface area (Å²) in [7, 11) is 0. The smallest absolute Gasteiger partial charge is 0.251 e. The van der Waals surface area contributed by atoms with Gasteiger partial charge in [0.1, 0.15) is 5.01 Å². The highest BCUT2D eigenvalue weighted by Gasteiger charge is 2.38. The maximum absolute atomic E-state index is 13.3. The quantitative estimate of drug-likeness (QED) is 0.819. The average Bonchev–Trinajstić information content (AvgIpc) is 3.05. The molecule has 2 aromatic heterocycles. The molecule has 0 saturated carbocycles. The molecule has 25 heavy (non-hydrogen) atoms. The number of hydrogen-bond acceptors (Lipinski definition) is 4. The van der Waals surface area contributed by atoms with E-state index in [9.17, 15) is 13.6 Å². The number of thiazole rings is 1. The van der Waals surface area contributed by atoms with Crippen molar-refractivity contribution >= 4 is 17.2 Å². The molecule has 0 radical (unpaired) electrons. The molecule has 1 aliphatic heterocycles. The Morgan fingerprint density at radius 2 is 1.96 bits per heavy atom. The Kier molecular flexibility index (Phi) is 4.27. The van der Waals surface area contributed by atoms with Gasteiger partial charge in [0.2, 0.25) is 5.91 Å². The minimum Gasteiger partial charge on any atom is -0.342 e. The monoisotopic (exact) mass is 363 g/mol. The van der Waals surface area contributed by atoms with Crippen molar-refractivity contribution < 1.29 is 13.6 Å². The van der Waals surface area contributed by atoms with Crippen molar-refractivity contribution in [3.8, 4) is 10.6 Å². The van der Waals surface area contributed by atoms with Crippen LogP contribution >= 0.6 is 11.3 Å². The van der Waals surface area contributed by atoms with Crippen LogP contribution in [0.4, 0.5) is 8.78 Å². The predicted octanol–water partition coefficient (Wildman–Crippen LogP) is 3.57. The zero-order valence-electron chi connectivity index (χ0n) is 13.8. The van der Waals surface area contributed by atoms with E-state index in [0.29, 0.717) is 6.42 Å². The van der Waals surface area contributed by atoms with Crippen LogP contribution in [-0.2, 0) is 17.6 Å². The Morgan fingerprint density at radius 1 is 1.24 bits per heavy atom. The van der Waals surface area contributed by atoms with E-state index in [0.717, 1.165) is 29.1 Å². The largest absolute Gasteiger partial charge is 0.342 e. The number of piperidine rings is 1. The Bertz CT molecular complexity index is 768. The molecule has 1 aliphatic carbocycles. The first-order valence-electron chi connectivity index (χ1n) is 8.57. The van der Waals surface area contributed by atoms with Crippen molar-refractivity contribution in [2.24, 2.45) is 5.92 Å². The molecule has 1 fully saturated rings. The van der Waals surface area contributed by atoms with E-state index < -0.39 is 5.92 Å². The maximum atomic E-state index is 13.3.